The SMILES string of the molecule is O=S(=O)(Nc1cnn(CCO)c1)c1ccccc1F. The van der Waals surface area contributed by atoms with Crippen molar-refractivity contribution in [2.24, 2.45) is 0 Å². The molecule has 2 N–H and O–H groups in total. The van der Waals surface area contributed by atoms with Gasteiger partial charge in [0.05, 0.1) is 25.0 Å². The maximum absolute atomic E-state index is 13.4. The Bertz CT molecular complexity index is 669. The molecule has 1 aromatic heterocycles. The lowest BCUT2D eigenvalue weighted by Crippen LogP contribution is -2.14. The average molecular weight is 285 g/mol. The molecule has 0 saturated carbocycles. The Morgan fingerprint density at radius 3 is 2.79 bits per heavy atom. The second-order valence-electron chi connectivity index (χ2n) is 3.75. The van der Waals surface area contributed by atoms with Gasteiger partial charge in [0.15, 0.2) is 0 Å². The van der Waals surface area contributed by atoms with Crippen molar-refractivity contribution in [2.45, 2.75) is 11.4 Å². The largest absolute Gasteiger partial charge is 0.394 e. The highest BCUT2D eigenvalue weighted by atomic mass is 32.2. The van der Waals surface area contributed by atoms with E-state index in [0.29, 0.717) is 0 Å². The van der Waals surface area contributed by atoms with Crippen LogP contribution >= 0.6 is 0 Å². The third-order valence-corrected chi connectivity index (χ3v) is 3.76. The van der Waals surface area contributed by atoms with E-state index < -0.39 is 20.7 Å². The molecule has 0 radical (unpaired) electrons. The number of benzene rings is 1. The molecule has 0 spiro atoms. The molecule has 0 aliphatic rings. The molecule has 0 fully saturated rings. The van der Waals surface area contributed by atoms with Gasteiger partial charge in [-0.15, -0.1) is 0 Å². The summed E-state index contributed by atoms with van der Waals surface area (Å²) in [6.07, 6.45) is 2.70. The summed E-state index contributed by atoms with van der Waals surface area (Å²) in [7, 11) is -3.99. The first-order valence-corrected chi connectivity index (χ1v) is 6.92. The number of rotatable bonds is 5. The van der Waals surface area contributed by atoms with Gasteiger partial charge in [-0.25, -0.2) is 12.8 Å². The number of nitrogens with one attached hydrogen (secondary N) is 1. The Labute approximate surface area is 109 Å². The number of halogens is 1. The Balaban J connectivity index is 2.24. The van der Waals surface area contributed by atoms with E-state index in [1.54, 1.807) is 0 Å². The molecular weight excluding hydrogens is 273 g/mol. The first kappa shape index (κ1) is 13.5. The van der Waals surface area contributed by atoms with Crippen molar-refractivity contribution in [2.75, 3.05) is 11.3 Å². The van der Waals surface area contributed by atoms with Gasteiger partial charge < -0.3 is 5.11 Å². The predicted octanol–water partition coefficient (Wildman–Crippen LogP) is 0.815. The van der Waals surface area contributed by atoms with Gasteiger partial charge in [0, 0.05) is 6.20 Å². The molecule has 0 bridgehead atoms. The minimum atomic E-state index is -3.99. The molecule has 0 atom stereocenters. The van der Waals surface area contributed by atoms with Gasteiger partial charge in [-0.2, -0.15) is 5.10 Å². The summed E-state index contributed by atoms with van der Waals surface area (Å²) in [6, 6.07) is 5.10. The van der Waals surface area contributed by atoms with Gasteiger partial charge in [0.25, 0.3) is 10.0 Å². The molecule has 102 valence electrons. The molecule has 1 aromatic carbocycles. The Morgan fingerprint density at radius 1 is 1.37 bits per heavy atom. The van der Waals surface area contributed by atoms with Gasteiger partial charge in [-0.05, 0) is 12.1 Å². The summed E-state index contributed by atoms with van der Waals surface area (Å²) in [5.74, 6) is -0.822. The standard InChI is InChI=1S/C11H12FN3O3S/c12-10-3-1-2-4-11(10)19(17,18)14-9-7-13-15(8-9)5-6-16/h1-4,7-8,14,16H,5-6H2. The quantitative estimate of drug-likeness (QED) is 0.851. The van der Waals surface area contributed by atoms with E-state index in [4.69, 9.17) is 5.11 Å². The van der Waals surface area contributed by atoms with Crippen molar-refractivity contribution in [3.63, 3.8) is 0 Å². The van der Waals surface area contributed by atoms with Crippen LogP contribution in [0.1, 0.15) is 0 Å². The molecule has 0 aliphatic carbocycles. The summed E-state index contributed by atoms with van der Waals surface area (Å²) in [4.78, 5) is -0.426. The third kappa shape index (κ3) is 3.09. The molecule has 2 rings (SSSR count). The van der Waals surface area contributed by atoms with Crippen LogP contribution in [0.5, 0.6) is 0 Å². The minimum Gasteiger partial charge on any atom is -0.394 e. The molecule has 0 unspecified atom stereocenters. The van der Waals surface area contributed by atoms with Gasteiger partial charge in [-0.1, -0.05) is 12.1 Å². The average Bonchev–Trinajstić information content (AvgIpc) is 2.76. The number of anilines is 1. The fourth-order valence-corrected chi connectivity index (χ4v) is 2.62. The summed E-state index contributed by atoms with van der Waals surface area (Å²) in [5.41, 5.74) is 0.205. The molecule has 0 saturated heterocycles. The van der Waals surface area contributed by atoms with Crippen LogP contribution in [0.25, 0.3) is 0 Å². The van der Waals surface area contributed by atoms with E-state index in [1.807, 2.05) is 0 Å². The number of sulfonamides is 1. The van der Waals surface area contributed by atoms with Crippen LogP contribution in [0, 0.1) is 5.82 Å². The molecular formula is C11H12FN3O3S. The summed E-state index contributed by atoms with van der Waals surface area (Å²) in [6.45, 7) is 0.141. The Kier molecular flexibility index (Phi) is 3.82. The predicted molar refractivity (Wildman–Crippen MR) is 66.5 cm³/mol. The van der Waals surface area contributed by atoms with Crippen molar-refractivity contribution in [3.8, 4) is 0 Å². The molecule has 6 nitrogen and oxygen atoms in total. The van der Waals surface area contributed by atoms with E-state index in [9.17, 15) is 12.8 Å². The van der Waals surface area contributed by atoms with E-state index in [0.717, 1.165) is 6.07 Å². The van der Waals surface area contributed by atoms with Crippen LogP contribution < -0.4 is 4.72 Å². The number of nitrogens with zero attached hydrogens (tertiary/aromatic N) is 2. The van der Waals surface area contributed by atoms with Crippen molar-refractivity contribution in [3.05, 3.63) is 42.5 Å². The van der Waals surface area contributed by atoms with Crippen LogP contribution in [0.2, 0.25) is 0 Å². The molecule has 8 heteroatoms. The summed E-state index contributed by atoms with van der Waals surface area (Å²) >= 11 is 0. The normalized spacial score (nSPS) is 11.5. The van der Waals surface area contributed by atoms with Crippen LogP contribution in [0.4, 0.5) is 10.1 Å². The minimum absolute atomic E-state index is 0.110. The Morgan fingerprint density at radius 2 is 2.11 bits per heavy atom. The molecule has 0 amide bonds. The zero-order valence-electron chi connectivity index (χ0n) is 9.82. The smallest absolute Gasteiger partial charge is 0.264 e. The van der Waals surface area contributed by atoms with E-state index in [-0.39, 0.29) is 18.8 Å². The number of aromatic nitrogens is 2. The summed E-state index contributed by atoms with van der Waals surface area (Å²) in [5, 5.41) is 12.6. The molecule has 2 aromatic rings. The third-order valence-electron chi connectivity index (χ3n) is 2.34. The zero-order valence-corrected chi connectivity index (χ0v) is 10.6. The molecule has 0 aliphatic heterocycles. The fraction of sp³-hybridized carbons (Fsp3) is 0.182. The first-order chi connectivity index (χ1) is 9.03. The van der Waals surface area contributed by atoms with Crippen LogP contribution in [-0.4, -0.2) is 29.9 Å². The highest BCUT2D eigenvalue weighted by Crippen LogP contribution is 2.17. The van der Waals surface area contributed by atoms with Crippen molar-refractivity contribution < 1.29 is 17.9 Å². The van der Waals surface area contributed by atoms with Gasteiger partial charge >= 0.3 is 0 Å². The van der Waals surface area contributed by atoms with Gasteiger partial charge in [-0.3, -0.25) is 9.40 Å². The van der Waals surface area contributed by atoms with Gasteiger partial charge in [0.2, 0.25) is 0 Å². The van der Waals surface area contributed by atoms with Crippen LogP contribution in [0.3, 0.4) is 0 Å². The van der Waals surface area contributed by atoms with E-state index in [2.05, 4.69) is 9.82 Å². The zero-order chi connectivity index (χ0) is 13.9. The van der Waals surface area contributed by atoms with Crippen molar-refractivity contribution >= 4 is 15.7 Å². The molecule has 1 heterocycles. The van der Waals surface area contributed by atoms with Crippen molar-refractivity contribution in [1.82, 2.24) is 9.78 Å². The van der Waals surface area contributed by atoms with Crippen molar-refractivity contribution in [1.29, 1.82) is 0 Å². The number of aliphatic hydroxyl groups excluding tert-OH is 1. The monoisotopic (exact) mass is 285 g/mol. The lowest BCUT2D eigenvalue weighted by Gasteiger charge is -2.06. The highest BCUT2D eigenvalue weighted by molar-refractivity contribution is 7.92. The number of aliphatic hydroxyl groups is 1. The highest BCUT2D eigenvalue weighted by Gasteiger charge is 2.19. The Hall–Kier alpha value is -1.93. The number of hydrogen-bond donors (Lipinski definition) is 2. The second-order valence-corrected chi connectivity index (χ2v) is 5.40. The van der Waals surface area contributed by atoms with E-state index in [1.165, 1.54) is 35.3 Å². The topological polar surface area (TPSA) is 84.2 Å². The van der Waals surface area contributed by atoms with Crippen LogP contribution in [0.15, 0.2) is 41.6 Å². The fourth-order valence-electron chi connectivity index (χ4n) is 1.51. The molecule has 19 heavy (non-hydrogen) atoms. The second kappa shape index (κ2) is 5.37. The van der Waals surface area contributed by atoms with Crippen LogP contribution in [-0.2, 0) is 16.6 Å². The maximum atomic E-state index is 13.4. The number of hydrogen-bond acceptors (Lipinski definition) is 4. The lowest BCUT2D eigenvalue weighted by molar-refractivity contribution is 0.269. The lowest BCUT2D eigenvalue weighted by atomic mass is 10.4. The first-order valence-electron chi connectivity index (χ1n) is 5.43. The maximum Gasteiger partial charge on any atom is 0.264 e. The van der Waals surface area contributed by atoms with E-state index >= 15 is 0 Å². The van der Waals surface area contributed by atoms with Gasteiger partial charge in [0.1, 0.15) is 10.7 Å². The summed E-state index contributed by atoms with van der Waals surface area (Å²) < 4.78 is 40.9.